The van der Waals surface area contributed by atoms with E-state index in [4.69, 9.17) is 40.0 Å². The van der Waals surface area contributed by atoms with Crippen molar-refractivity contribution in [1.29, 1.82) is 0 Å². The number of carbonyl (C=O) groups excluding carboxylic acids is 6. The van der Waals surface area contributed by atoms with Crippen LogP contribution in [0.25, 0.3) is 0 Å². The van der Waals surface area contributed by atoms with Gasteiger partial charge in [-0.2, -0.15) is 0 Å². The molecule has 1 fully saturated rings. The van der Waals surface area contributed by atoms with Crippen molar-refractivity contribution in [2.24, 2.45) is 0 Å². The van der Waals surface area contributed by atoms with Crippen molar-refractivity contribution in [3.63, 3.8) is 0 Å². The summed E-state index contributed by atoms with van der Waals surface area (Å²) in [6.07, 6.45) is -5.32. The lowest BCUT2D eigenvalue weighted by Crippen LogP contribution is -2.60. The van der Waals surface area contributed by atoms with Crippen LogP contribution in [0.3, 0.4) is 0 Å². The van der Waals surface area contributed by atoms with E-state index in [9.17, 15) is 28.8 Å². The van der Waals surface area contributed by atoms with E-state index in [2.05, 4.69) is 10.3 Å². The van der Waals surface area contributed by atoms with Gasteiger partial charge < -0.3 is 33.3 Å². The molecule has 2 rings (SSSR count). The van der Waals surface area contributed by atoms with Crippen LogP contribution < -0.4 is 0 Å². The summed E-state index contributed by atoms with van der Waals surface area (Å²) in [4.78, 5) is 74.1. The van der Waals surface area contributed by atoms with Gasteiger partial charge in [-0.1, -0.05) is 5.21 Å². The Hall–Kier alpha value is -3.79. The fourth-order valence-electron chi connectivity index (χ4n) is 4.27. The first-order valence-electron chi connectivity index (χ1n) is 13.8. The quantitative estimate of drug-likeness (QED) is 0.169. The van der Waals surface area contributed by atoms with Gasteiger partial charge in [-0.15, -0.1) is 16.7 Å². The van der Waals surface area contributed by atoms with E-state index in [0.717, 1.165) is 27.7 Å². The minimum atomic E-state index is -1.40. The highest BCUT2D eigenvalue weighted by atomic mass is 35.5. The van der Waals surface area contributed by atoms with Crippen molar-refractivity contribution in [2.45, 2.75) is 104 Å². The zero-order chi connectivity index (χ0) is 33.2. The smallest absolute Gasteiger partial charge is 0.308 e. The molecule has 2 heterocycles. The van der Waals surface area contributed by atoms with E-state index < -0.39 is 72.7 Å². The van der Waals surface area contributed by atoms with Gasteiger partial charge in [0.25, 0.3) is 0 Å². The van der Waals surface area contributed by atoms with Crippen LogP contribution >= 0.6 is 11.6 Å². The number of alkyl halides is 1. The summed E-state index contributed by atoms with van der Waals surface area (Å²) in [5.41, 5.74) is -0.445. The van der Waals surface area contributed by atoms with Gasteiger partial charge in [0.15, 0.2) is 24.5 Å². The number of ether oxygens (including phenoxy) is 6. The Morgan fingerprint density at radius 1 is 0.909 bits per heavy atom. The second-order valence-corrected chi connectivity index (χ2v) is 11.2. The third-order valence-corrected chi connectivity index (χ3v) is 5.99. The third-order valence-electron chi connectivity index (χ3n) is 5.80. The average molecular weight is 647 g/mol. The lowest BCUT2D eigenvalue weighted by molar-refractivity contribution is -0.270. The second-order valence-electron chi connectivity index (χ2n) is 10.9. The molecule has 0 aromatic carbocycles. The van der Waals surface area contributed by atoms with Crippen LogP contribution in [-0.2, 0) is 63.7 Å². The monoisotopic (exact) mass is 646 g/mol. The number of carbonyl (C=O) groups is 6. The molecule has 1 aromatic heterocycles. The van der Waals surface area contributed by atoms with Crippen LogP contribution in [0.5, 0.6) is 0 Å². The van der Waals surface area contributed by atoms with Gasteiger partial charge in [0.05, 0.1) is 19.2 Å². The van der Waals surface area contributed by atoms with Crippen molar-refractivity contribution in [2.75, 3.05) is 19.0 Å². The SMILES string of the molecule is CC(=O)OC[C@H]1O[C@@H](n2cc(CN(CCC(=O)OC(C)(C)C)C(=O)CCCl)nn2)[C@H](OC(C)=O)[C@@H](OC(C)=O)[C@@H]1OC(C)=O. The summed E-state index contributed by atoms with van der Waals surface area (Å²) in [6.45, 7) is 9.21. The van der Waals surface area contributed by atoms with Gasteiger partial charge >= 0.3 is 29.8 Å². The maximum absolute atomic E-state index is 12.8. The van der Waals surface area contributed by atoms with E-state index in [1.54, 1.807) is 20.8 Å². The molecular formula is C27H39ClN4O12. The Bertz CT molecular complexity index is 1200. The highest BCUT2D eigenvalue weighted by Crippen LogP contribution is 2.34. The summed E-state index contributed by atoms with van der Waals surface area (Å²) in [7, 11) is 0. The molecule has 0 spiro atoms. The number of halogens is 1. The summed E-state index contributed by atoms with van der Waals surface area (Å²) in [5.74, 6) is -3.77. The fraction of sp³-hybridized carbons (Fsp3) is 0.704. The number of nitrogens with zero attached hydrogens (tertiary/aromatic N) is 4. The molecule has 1 amide bonds. The molecule has 0 N–H and O–H groups in total. The lowest BCUT2D eigenvalue weighted by Gasteiger charge is -2.44. The highest BCUT2D eigenvalue weighted by Gasteiger charge is 2.53. The molecule has 44 heavy (non-hydrogen) atoms. The van der Waals surface area contributed by atoms with Gasteiger partial charge in [0.2, 0.25) is 5.91 Å². The summed E-state index contributed by atoms with van der Waals surface area (Å²) in [6, 6.07) is 0. The van der Waals surface area contributed by atoms with E-state index >= 15 is 0 Å². The van der Waals surface area contributed by atoms with Crippen LogP contribution in [0.2, 0.25) is 0 Å². The molecule has 0 saturated carbocycles. The maximum Gasteiger partial charge on any atom is 0.308 e. The third kappa shape index (κ3) is 11.7. The molecule has 1 aliphatic heterocycles. The van der Waals surface area contributed by atoms with Crippen molar-refractivity contribution in [3.8, 4) is 0 Å². The zero-order valence-electron chi connectivity index (χ0n) is 25.8. The van der Waals surface area contributed by atoms with E-state index in [0.29, 0.717) is 0 Å². The largest absolute Gasteiger partial charge is 0.463 e. The van der Waals surface area contributed by atoms with Gasteiger partial charge in [0.1, 0.15) is 24.0 Å². The number of rotatable bonds is 13. The molecular weight excluding hydrogens is 608 g/mol. The minimum absolute atomic E-state index is 0.00367. The lowest BCUT2D eigenvalue weighted by atomic mass is 9.97. The number of aromatic nitrogens is 3. The first-order chi connectivity index (χ1) is 20.5. The van der Waals surface area contributed by atoms with E-state index in [1.165, 1.54) is 15.8 Å². The van der Waals surface area contributed by atoms with Gasteiger partial charge in [0, 0.05) is 46.5 Å². The Kier molecular flexibility index (Phi) is 13.5. The summed E-state index contributed by atoms with van der Waals surface area (Å²) < 4.78 is 33.9. The molecule has 1 aromatic rings. The standard InChI is InChI=1S/C27H39ClN4O12/c1-15(33)39-14-20-23(40-16(2)34)24(41-17(3)35)25(42-18(4)36)26(43-20)32-13-19(29-30-32)12-31(21(37)8-10-28)11-9-22(38)44-27(5,6)7/h13,20,23-26H,8-12,14H2,1-7H3/t20-,23-,24+,25-,26-/m1/s1. The Balaban J connectivity index is 2.42. The van der Waals surface area contributed by atoms with Gasteiger partial charge in [-0.05, 0) is 20.8 Å². The first-order valence-corrected chi connectivity index (χ1v) is 14.3. The minimum Gasteiger partial charge on any atom is -0.463 e. The molecule has 1 saturated heterocycles. The van der Waals surface area contributed by atoms with Crippen LogP contribution in [0, 0.1) is 0 Å². The van der Waals surface area contributed by atoms with Crippen molar-refractivity contribution >= 4 is 47.4 Å². The van der Waals surface area contributed by atoms with Crippen LogP contribution in [-0.4, -0.2) is 105 Å². The van der Waals surface area contributed by atoms with Crippen LogP contribution in [0.1, 0.15) is 73.2 Å². The van der Waals surface area contributed by atoms with Gasteiger partial charge in [-0.3, -0.25) is 28.8 Å². The molecule has 0 aliphatic carbocycles. The maximum atomic E-state index is 12.8. The highest BCUT2D eigenvalue weighted by molar-refractivity contribution is 6.18. The Labute approximate surface area is 259 Å². The number of esters is 5. The normalized spacial score (nSPS) is 21.5. The first kappa shape index (κ1) is 36.4. The molecule has 16 nitrogen and oxygen atoms in total. The van der Waals surface area contributed by atoms with Gasteiger partial charge in [-0.25, -0.2) is 4.68 Å². The molecule has 0 unspecified atom stereocenters. The second kappa shape index (κ2) is 16.3. The molecule has 0 radical (unpaired) electrons. The van der Waals surface area contributed by atoms with E-state index in [-0.39, 0.29) is 43.4 Å². The zero-order valence-corrected chi connectivity index (χ0v) is 26.5. The van der Waals surface area contributed by atoms with Crippen LogP contribution in [0.4, 0.5) is 0 Å². The predicted molar refractivity (Wildman–Crippen MR) is 148 cm³/mol. The Morgan fingerprint density at radius 3 is 2.05 bits per heavy atom. The average Bonchev–Trinajstić information content (AvgIpc) is 3.34. The molecule has 1 aliphatic rings. The van der Waals surface area contributed by atoms with Crippen molar-refractivity contribution < 1.29 is 57.2 Å². The van der Waals surface area contributed by atoms with Crippen LogP contribution in [0.15, 0.2) is 6.20 Å². The fourth-order valence-corrected chi connectivity index (χ4v) is 4.44. The van der Waals surface area contributed by atoms with Crippen molar-refractivity contribution in [1.82, 2.24) is 19.9 Å². The summed E-state index contributed by atoms with van der Waals surface area (Å²) in [5, 5.41) is 8.16. The molecule has 5 atom stereocenters. The number of hydrogen-bond acceptors (Lipinski definition) is 14. The van der Waals surface area contributed by atoms with Crippen molar-refractivity contribution in [3.05, 3.63) is 11.9 Å². The predicted octanol–water partition coefficient (Wildman–Crippen LogP) is 1.22. The molecule has 17 heteroatoms. The number of amides is 1. The molecule has 246 valence electrons. The number of hydrogen-bond donors (Lipinski definition) is 0. The molecule has 0 bridgehead atoms. The Morgan fingerprint density at radius 2 is 1.50 bits per heavy atom. The van der Waals surface area contributed by atoms with E-state index in [1.807, 2.05) is 0 Å². The summed E-state index contributed by atoms with van der Waals surface area (Å²) >= 11 is 5.78. The topological polar surface area (TPSA) is 192 Å².